The highest BCUT2D eigenvalue weighted by Gasteiger charge is 2.63. The Morgan fingerprint density at radius 3 is 2.48 bits per heavy atom. The van der Waals surface area contributed by atoms with Crippen molar-refractivity contribution in [2.45, 2.75) is 54.2 Å². The number of amides is 1. The van der Waals surface area contributed by atoms with Crippen molar-refractivity contribution in [2.24, 2.45) is 5.92 Å². The summed E-state index contributed by atoms with van der Waals surface area (Å²) in [7, 11) is 0. The van der Waals surface area contributed by atoms with E-state index in [0.717, 1.165) is 0 Å². The predicted octanol–water partition coefficient (Wildman–Crippen LogP) is 1.31. The third kappa shape index (κ3) is 2.72. The molecule has 0 spiro atoms. The van der Waals surface area contributed by atoms with E-state index in [1.54, 1.807) is 13.8 Å². The SMILES string of the molecule is CC1(C)O[C@H]2[C@@H]3OC(=O)C[C@@H]3[C@@H](NC(=O)C(Cl)(Cl)Cl)[C@H]2O1. The molecule has 3 fully saturated rings. The number of fused-ring (bicyclic) bond motifs is 3. The highest BCUT2D eigenvalue weighted by Crippen LogP contribution is 2.47. The first-order valence-corrected chi connectivity index (χ1v) is 7.65. The van der Waals surface area contributed by atoms with Gasteiger partial charge in [0.1, 0.15) is 18.3 Å². The molecule has 1 aliphatic carbocycles. The van der Waals surface area contributed by atoms with Gasteiger partial charge in [-0.2, -0.15) is 0 Å². The summed E-state index contributed by atoms with van der Waals surface area (Å²) in [6.45, 7) is 3.51. The smallest absolute Gasteiger partial charge is 0.306 e. The van der Waals surface area contributed by atoms with Crippen molar-refractivity contribution in [2.75, 3.05) is 0 Å². The molecule has 0 unspecified atom stereocenters. The lowest BCUT2D eigenvalue weighted by Gasteiger charge is -2.27. The van der Waals surface area contributed by atoms with Crippen molar-refractivity contribution < 1.29 is 23.8 Å². The average Bonchev–Trinajstić information content (AvgIpc) is 2.89. The van der Waals surface area contributed by atoms with E-state index in [4.69, 9.17) is 49.0 Å². The Kier molecular flexibility index (Phi) is 3.62. The van der Waals surface area contributed by atoms with Gasteiger partial charge < -0.3 is 19.5 Å². The van der Waals surface area contributed by atoms with Crippen LogP contribution in [0.2, 0.25) is 0 Å². The molecule has 1 N–H and O–H groups in total. The minimum absolute atomic E-state index is 0.176. The molecule has 3 aliphatic rings. The summed E-state index contributed by atoms with van der Waals surface area (Å²) in [5.74, 6) is -2.16. The number of esters is 1. The van der Waals surface area contributed by atoms with Gasteiger partial charge in [0.15, 0.2) is 5.79 Å². The van der Waals surface area contributed by atoms with Gasteiger partial charge in [-0.05, 0) is 13.8 Å². The fourth-order valence-corrected chi connectivity index (χ4v) is 3.42. The van der Waals surface area contributed by atoms with E-state index >= 15 is 0 Å². The molecule has 1 saturated carbocycles. The van der Waals surface area contributed by atoms with Gasteiger partial charge in [0, 0.05) is 5.92 Å². The number of alkyl halides is 3. The highest BCUT2D eigenvalue weighted by atomic mass is 35.6. The second-order valence-electron chi connectivity index (χ2n) is 5.88. The summed E-state index contributed by atoms with van der Waals surface area (Å²) >= 11 is 16.7. The Balaban J connectivity index is 1.84. The van der Waals surface area contributed by atoms with Crippen LogP contribution in [-0.2, 0) is 23.8 Å². The topological polar surface area (TPSA) is 73.9 Å². The molecule has 9 heteroatoms. The van der Waals surface area contributed by atoms with Gasteiger partial charge in [0.2, 0.25) is 0 Å². The van der Waals surface area contributed by atoms with E-state index in [2.05, 4.69) is 5.32 Å². The monoisotopic (exact) mass is 357 g/mol. The Bertz CT molecular complexity index is 492. The maximum absolute atomic E-state index is 11.9. The molecule has 2 aliphatic heterocycles. The summed E-state index contributed by atoms with van der Waals surface area (Å²) < 4.78 is 14.8. The fraction of sp³-hybridized carbons (Fsp3) is 0.833. The standard InChI is InChI=1S/C12H14Cl3NO5/c1-11(2)20-8-6(16-10(18)12(13,14)15)4-3-5(17)19-7(4)9(8)21-11/h4,6-9H,3H2,1-2H3,(H,16,18)/t4-,6-,7-,8-,9+/m1/s1. The van der Waals surface area contributed by atoms with E-state index in [9.17, 15) is 9.59 Å². The maximum Gasteiger partial charge on any atom is 0.306 e. The van der Waals surface area contributed by atoms with Crippen LogP contribution < -0.4 is 5.32 Å². The van der Waals surface area contributed by atoms with E-state index in [-0.39, 0.29) is 18.3 Å². The van der Waals surface area contributed by atoms with Crippen LogP contribution >= 0.6 is 34.8 Å². The van der Waals surface area contributed by atoms with E-state index in [1.807, 2.05) is 0 Å². The lowest BCUT2D eigenvalue weighted by Crippen LogP contribution is -2.50. The zero-order chi connectivity index (χ0) is 15.6. The van der Waals surface area contributed by atoms with Crippen LogP contribution in [-0.4, -0.2) is 45.8 Å². The Morgan fingerprint density at radius 2 is 1.86 bits per heavy atom. The van der Waals surface area contributed by atoms with Crippen molar-refractivity contribution >= 4 is 46.7 Å². The first-order valence-electron chi connectivity index (χ1n) is 6.51. The van der Waals surface area contributed by atoms with E-state index < -0.39 is 39.8 Å². The maximum atomic E-state index is 11.9. The highest BCUT2D eigenvalue weighted by molar-refractivity contribution is 6.76. The number of hydrogen-bond acceptors (Lipinski definition) is 5. The van der Waals surface area contributed by atoms with Crippen molar-refractivity contribution in [3.63, 3.8) is 0 Å². The van der Waals surface area contributed by atoms with Crippen LogP contribution in [0.5, 0.6) is 0 Å². The van der Waals surface area contributed by atoms with E-state index in [1.165, 1.54) is 0 Å². The van der Waals surface area contributed by atoms with Crippen molar-refractivity contribution in [3.8, 4) is 0 Å². The minimum atomic E-state index is -2.08. The first kappa shape index (κ1) is 15.6. The molecule has 0 bridgehead atoms. The largest absolute Gasteiger partial charge is 0.459 e. The molecule has 3 rings (SSSR count). The molecule has 0 aromatic heterocycles. The second kappa shape index (κ2) is 4.86. The molecule has 0 aromatic rings. The average molecular weight is 359 g/mol. The van der Waals surface area contributed by atoms with Crippen LogP contribution in [0.1, 0.15) is 20.3 Å². The zero-order valence-corrected chi connectivity index (χ0v) is 13.5. The third-order valence-electron chi connectivity index (χ3n) is 3.95. The molecule has 118 valence electrons. The van der Waals surface area contributed by atoms with Gasteiger partial charge in [-0.25, -0.2) is 0 Å². The second-order valence-corrected chi connectivity index (χ2v) is 8.17. The molecule has 6 nitrogen and oxygen atoms in total. The van der Waals surface area contributed by atoms with Gasteiger partial charge in [-0.1, -0.05) is 34.8 Å². The van der Waals surface area contributed by atoms with Gasteiger partial charge in [-0.3, -0.25) is 9.59 Å². The number of rotatable bonds is 1. The zero-order valence-electron chi connectivity index (χ0n) is 11.3. The summed E-state index contributed by atoms with van der Waals surface area (Å²) in [5.41, 5.74) is 0. The number of nitrogens with one attached hydrogen (secondary N) is 1. The number of ether oxygens (including phenoxy) is 3. The molecular weight excluding hydrogens is 344 g/mol. The first-order chi connectivity index (χ1) is 9.58. The van der Waals surface area contributed by atoms with Crippen LogP contribution in [0.15, 0.2) is 0 Å². The van der Waals surface area contributed by atoms with Crippen molar-refractivity contribution in [3.05, 3.63) is 0 Å². The molecule has 1 amide bonds. The van der Waals surface area contributed by atoms with Gasteiger partial charge in [-0.15, -0.1) is 0 Å². The van der Waals surface area contributed by atoms with Crippen molar-refractivity contribution in [1.29, 1.82) is 0 Å². The van der Waals surface area contributed by atoms with Crippen LogP contribution in [0.4, 0.5) is 0 Å². The summed E-state index contributed by atoms with van der Waals surface area (Å²) in [6.07, 6.45) is -1.16. The molecule has 2 heterocycles. The number of halogens is 3. The summed E-state index contributed by atoms with van der Waals surface area (Å²) in [4.78, 5) is 23.4. The Morgan fingerprint density at radius 1 is 1.24 bits per heavy atom. The number of carbonyl (C=O) groups is 2. The van der Waals surface area contributed by atoms with Gasteiger partial charge in [0.05, 0.1) is 12.5 Å². The quantitative estimate of drug-likeness (QED) is 0.565. The predicted molar refractivity (Wildman–Crippen MR) is 74.0 cm³/mol. The molecular formula is C12H14Cl3NO5. The lowest BCUT2D eigenvalue weighted by molar-refractivity contribution is -0.172. The molecule has 2 saturated heterocycles. The lowest BCUT2D eigenvalue weighted by atomic mass is 9.99. The summed E-state index contributed by atoms with van der Waals surface area (Å²) in [5, 5.41) is 2.65. The minimum Gasteiger partial charge on any atom is -0.459 e. The molecule has 0 aromatic carbocycles. The Hall–Kier alpha value is -0.270. The van der Waals surface area contributed by atoms with Gasteiger partial charge >= 0.3 is 5.97 Å². The normalized spacial score (nSPS) is 40.6. The van der Waals surface area contributed by atoms with Crippen molar-refractivity contribution in [1.82, 2.24) is 5.32 Å². The number of hydrogen-bond donors (Lipinski definition) is 1. The number of carbonyl (C=O) groups excluding carboxylic acids is 2. The molecule has 0 radical (unpaired) electrons. The third-order valence-corrected chi connectivity index (χ3v) is 4.46. The fourth-order valence-electron chi connectivity index (χ4n) is 3.25. The van der Waals surface area contributed by atoms with Crippen LogP contribution in [0.3, 0.4) is 0 Å². The van der Waals surface area contributed by atoms with Gasteiger partial charge in [0.25, 0.3) is 9.70 Å². The molecule has 21 heavy (non-hydrogen) atoms. The Labute approximate surface area is 136 Å². The molecule has 5 atom stereocenters. The van der Waals surface area contributed by atoms with Crippen LogP contribution in [0.25, 0.3) is 0 Å². The van der Waals surface area contributed by atoms with E-state index in [0.29, 0.717) is 0 Å². The summed E-state index contributed by atoms with van der Waals surface area (Å²) in [6, 6.07) is -0.503. The van der Waals surface area contributed by atoms with Crippen LogP contribution in [0, 0.1) is 5.92 Å².